The van der Waals surface area contributed by atoms with Gasteiger partial charge in [-0.1, -0.05) is 48.9 Å². The number of ether oxygens (including phenoxy) is 1. The van der Waals surface area contributed by atoms with E-state index in [1.54, 1.807) is 0 Å². The van der Waals surface area contributed by atoms with Crippen molar-refractivity contribution < 1.29 is 13.9 Å². The molecule has 3 rings (SSSR count). The SMILES string of the molecule is CC1CNCCC1NC(=O)C(Oc1ccc(F)cc1Cl)c1ccccc1. The molecule has 4 nitrogen and oxygen atoms in total. The summed E-state index contributed by atoms with van der Waals surface area (Å²) >= 11 is 6.08. The molecule has 1 aliphatic heterocycles. The van der Waals surface area contributed by atoms with Crippen molar-refractivity contribution in [1.29, 1.82) is 0 Å². The van der Waals surface area contributed by atoms with E-state index in [1.165, 1.54) is 18.2 Å². The number of amides is 1. The third kappa shape index (κ3) is 4.54. The predicted molar refractivity (Wildman–Crippen MR) is 99.8 cm³/mol. The quantitative estimate of drug-likeness (QED) is 0.836. The standard InChI is InChI=1S/C20H22ClFN2O2/c1-13-12-23-10-9-17(13)24-20(25)19(14-5-3-2-4-6-14)26-18-8-7-15(22)11-16(18)21/h2-8,11,13,17,19,23H,9-10,12H2,1H3,(H,24,25). The zero-order chi connectivity index (χ0) is 18.5. The van der Waals surface area contributed by atoms with E-state index < -0.39 is 11.9 Å². The molecule has 0 spiro atoms. The summed E-state index contributed by atoms with van der Waals surface area (Å²) in [5.41, 5.74) is 0.715. The Morgan fingerprint density at radius 3 is 2.77 bits per heavy atom. The summed E-state index contributed by atoms with van der Waals surface area (Å²) in [6.45, 7) is 3.84. The maximum absolute atomic E-state index is 13.3. The minimum absolute atomic E-state index is 0.0854. The third-order valence-electron chi connectivity index (χ3n) is 4.59. The number of carbonyl (C=O) groups is 1. The van der Waals surface area contributed by atoms with Gasteiger partial charge in [-0.05, 0) is 43.6 Å². The largest absolute Gasteiger partial charge is 0.474 e. The predicted octanol–water partition coefficient (Wildman–Crippen LogP) is 3.71. The van der Waals surface area contributed by atoms with Crippen LogP contribution in [-0.4, -0.2) is 25.0 Å². The Labute approximate surface area is 157 Å². The van der Waals surface area contributed by atoms with E-state index in [0.717, 1.165) is 19.5 Å². The van der Waals surface area contributed by atoms with Gasteiger partial charge in [-0.3, -0.25) is 4.79 Å². The van der Waals surface area contributed by atoms with Crippen LogP contribution in [0.5, 0.6) is 5.75 Å². The van der Waals surface area contributed by atoms with Crippen molar-refractivity contribution in [3.63, 3.8) is 0 Å². The van der Waals surface area contributed by atoms with Crippen LogP contribution in [0.3, 0.4) is 0 Å². The molecule has 3 unspecified atom stereocenters. The number of piperidine rings is 1. The molecule has 2 aromatic carbocycles. The van der Waals surface area contributed by atoms with Crippen LogP contribution in [0, 0.1) is 11.7 Å². The summed E-state index contributed by atoms with van der Waals surface area (Å²) in [5.74, 6) is -0.0732. The molecule has 26 heavy (non-hydrogen) atoms. The summed E-state index contributed by atoms with van der Waals surface area (Å²) in [5, 5.41) is 6.55. The van der Waals surface area contributed by atoms with E-state index in [1.807, 2.05) is 30.3 Å². The highest BCUT2D eigenvalue weighted by molar-refractivity contribution is 6.32. The van der Waals surface area contributed by atoms with Crippen LogP contribution in [0.4, 0.5) is 4.39 Å². The molecule has 3 atom stereocenters. The van der Waals surface area contributed by atoms with E-state index >= 15 is 0 Å². The highest BCUT2D eigenvalue weighted by atomic mass is 35.5. The molecule has 0 bridgehead atoms. The molecule has 2 N–H and O–H groups in total. The Hall–Kier alpha value is -2.11. The highest BCUT2D eigenvalue weighted by Crippen LogP contribution is 2.30. The van der Waals surface area contributed by atoms with Gasteiger partial charge in [0.25, 0.3) is 5.91 Å². The lowest BCUT2D eigenvalue weighted by Crippen LogP contribution is -2.50. The second-order valence-corrected chi connectivity index (χ2v) is 6.98. The number of rotatable bonds is 5. The minimum atomic E-state index is -0.860. The van der Waals surface area contributed by atoms with E-state index in [0.29, 0.717) is 11.5 Å². The van der Waals surface area contributed by atoms with Gasteiger partial charge in [0.05, 0.1) is 5.02 Å². The maximum Gasteiger partial charge on any atom is 0.266 e. The molecule has 0 radical (unpaired) electrons. The normalized spacial score (nSPS) is 21.0. The van der Waals surface area contributed by atoms with Crippen LogP contribution >= 0.6 is 11.6 Å². The van der Waals surface area contributed by atoms with Gasteiger partial charge in [-0.2, -0.15) is 0 Å². The zero-order valence-electron chi connectivity index (χ0n) is 14.5. The Bertz CT molecular complexity index is 757. The molecule has 0 saturated carbocycles. The molecule has 0 aromatic heterocycles. The third-order valence-corrected chi connectivity index (χ3v) is 4.89. The molecule has 1 saturated heterocycles. The van der Waals surface area contributed by atoms with Crippen LogP contribution in [0.15, 0.2) is 48.5 Å². The Balaban J connectivity index is 1.82. The van der Waals surface area contributed by atoms with Crippen LogP contribution in [0.1, 0.15) is 25.0 Å². The van der Waals surface area contributed by atoms with Gasteiger partial charge in [-0.25, -0.2) is 4.39 Å². The number of carbonyl (C=O) groups excluding carboxylic acids is 1. The fourth-order valence-corrected chi connectivity index (χ4v) is 3.30. The van der Waals surface area contributed by atoms with E-state index in [4.69, 9.17) is 16.3 Å². The summed E-state index contributed by atoms with van der Waals surface area (Å²) in [4.78, 5) is 13.0. The molecule has 1 aliphatic rings. The molecule has 0 aliphatic carbocycles. The molecular weight excluding hydrogens is 355 g/mol. The molecule has 138 valence electrons. The first kappa shape index (κ1) is 18.7. The van der Waals surface area contributed by atoms with Crippen molar-refractivity contribution in [2.45, 2.75) is 25.5 Å². The van der Waals surface area contributed by atoms with E-state index in [9.17, 15) is 9.18 Å². The minimum Gasteiger partial charge on any atom is -0.474 e. The fourth-order valence-electron chi connectivity index (χ4n) is 3.09. The zero-order valence-corrected chi connectivity index (χ0v) is 15.3. The smallest absolute Gasteiger partial charge is 0.266 e. The van der Waals surface area contributed by atoms with E-state index in [-0.39, 0.29) is 22.7 Å². The van der Waals surface area contributed by atoms with Crippen molar-refractivity contribution in [3.05, 3.63) is 64.9 Å². The van der Waals surface area contributed by atoms with Gasteiger partial charge in [-0.15, -0.1) is 0 Å². The average Bonchev–Trinajstić information content (AvgIpc) is 2.63. The average molecular weight is 377 g/mol. The lowest BCUT2D eigenvalue weighted by atomic mass is 9.95. The number of nitrogens with one attached hydrogen (secondary N) is 2. The summed E-state index contributed by atoms with van der Waals surface area (Å²) < 4.78 is 19.2. The summed E-state index contributed by atoms with van der Waals surface area (Å²) in [7, 11) is 0. The first-order valence-corrected chi connectivity index (χ1v) is 9.10. The van der Waals surface area contributed by atoms with E-state index in [2.05, 4.69) is 17.6 Å². The topological polar surface area (TPSA) is 50.4 Å². The molecule has 6 heteroatoms. The molecule has 2 aromatic rings. The van der Waals surface area contributed by atoms with Gasteiger partial charge >= 0.3 is 0 Å². The van der Waals surface area contributed by atoms with Crippen LogP contribution in [-0.2, 0) is 4.79 Å². The van der Waals surface area contributed by atoms with Gasteiger partial charge in [0.15, 0.2) is 0 Å². The lowest BCUT2D eigenvalue weighted by molar-refractivity contribution is -0.129. The van der Waals surface area contributed by atoms with Gasteiger partial charge in [0, 0.05) is 11.6 Å². The molecule has 1 heterocycles. The number of hydrogen-bond acceptors (Lipinski definition) is 3. The maximum atomic E-state index is 13.3. The second-order valence-electron chi connectivity index (χ2n) is 6.57. The molecule has 1 fully saturated rings. The van der Waals surface area contributed by atoms with Gasteiger partial charge in [0.2, 0.25) is 6.10 Å². The summed E-state index contributed by atoms with van der Waals surface area (Å²) in [6, 6.07) is 13.2. The first-order valence-electron chi connectivity index (χ1n) is 8.72. The number of halogens is 2. The molecule has 1 amide bonds. The Morgan fingerprint density at radius 2 is 2.08 bits per heavy atom. The Morgan fingerprint density at radius 1 is 1.31 bits per heavy atom. The van der Waals surface area contributed by atoms with Crippen molar-refractivity contribution in [2.75, 3.05) is 13.1 Å². The first-order chi connectivity index (χ1) is 12.5. The fraction of sp³-hybridized carbons (Fsp3) is 0.350. The second kappa shape index (κ2) is 8.52. The van der Waals surface area contributed by atoms with Crippen molar-refractivity contribution in [1.82, 2.24) is 10.6 Å². The van der Waals surface area contributed by atoms with Crippen molar-refractivity contribution in [2.24, 2.45) is 5.92 Å². The Kier molecular flexibility index (Phi) is 6.12. The number of benzene rings is 2. The van der Waals surface area contributed by atoms with Crippen LogP contribution in [0.25, 0.3) is 0 Å². The summed E-state index contributed by atoms with van der Waals surface area (Å²) in [6.07, 6.45) is 0.00683. The van der Waals surface area contributed by atoms with Crippen molar-refractivity contribution in [3.8, 4) is 5.75 Å². The highest BCUT2D eigenvalue weighted by Gasteiger charge is 2.29. The van der Waals surface area contributed by atoms with Crippen molar-refractivity contribution >= 4 is 17.5 Å². The van der Waals surface area contributed by atoms with Crippen LogP contribution < -0.4 is 15.4 Å². The van der Waals surface area contributed by atoms with Gasteiger partial charge < -0.3 is 15.4 Å². The van der Waals surface area contributed by atoms with Gasteiger partial charge in [0.1, 0.15) is 11.6 Å². The lowest BCUT2D eigenvalue weighted by Gasteiger charge is -2.31. The monoisotopic (exact) mass is 376 g/mol. The van der Waals surface area contributed by atoms with Crippen LogP contribution in [0.2, 0.25) is 5.02 Å². The molecular formula is C20H22ClFN2O2. The number of hydrogen-bond donors (Lipinski definition) is 2.